The first-order valence-electron chi connectivity index (χ1n) is 9.76. The number of aliphatic carboxylic acids is 1. The maximum atomic E-state index is 12.3. The molecule has 0 saturated carbocycles. The minimum Gasteiger partial charge on any atom is -0.480 e. The number of nitrogens with zero attached hydrogens (tertiary/aromatic N) is 2. The zero-order valence-electron chi connectivity index (χ0n) is 18.4. The number of Topliss-reactive ketones (excluding diaryl/α,β-unsaturated/α-hetero) is 1. The summed E-state index contributed by atoms with van der Waals surface area (Å²) in [4.78, 5) is 38.9. The van der Waals surface area contributed by atoms with Crippen LogP contribution in [0.1, 0.15) is 26.3 Å². The zero-order valence-corrected chi connectivity index (χ0v) is 19.2. The van der Waals surface area contributed by atoms with Crippen LogP contribution >= 0.6 is 0 Å². The maximum absolute atomic E-state index is 12.3. The van der Waals surface area contributed by atoms with Crippen LogP contribution in [0.25, 0.3) is 0 Å². The molecule has 0 heterocycles. The third-order valence-electron chi connectivity index (χ3n) is 4.05. The van der Waals surface area contributed by atoms with E-state index < -0.39 is 22.8 Å². The molecule has 0 spiro atoms. The van der Waals surface area contributed by atoms with E-state index in [2.05, 4.69) is 10.0 Å². The van der Waals surface area contributed by atoms with Crippen LogP contribution in [0.15, 0.2) is 24.3 Å². The third kappa shape index (κ3) is 12.8. The molecule has 174 valence electrons. The van der Waals surface area contributed by atoms with Crippen LogP contribution in [0.4, 0.5) is 5.69 Å². The smallest absolute Gasteiger partial charge is 0.317 e. The first-order chi connectivity index (χ1) is 14.3. The Kier molecular flexibility index (Phi) is 10.8. The lowest BCUT2D eigenvalue weighted by Crippen LogP contribution is -2.48. The molecule has 0 aromatic heterocycles. The number of hydrogen-bond acceptors (Lipinski definition) is 6. The largest absolute Gasteiger partial charge is 0.480 e. The summed E-state index contributed by atoms with van der Waals surface area (Å²) < 4.78 is 21.9. The molecule has 1 aromatic rings. The molecule has 1 amide bonds. The number of hydrogen-bond donors (Lipinski definition) is 4. The van der Waals surface area contributed by atoms with Crippen LogP contribution in [-0.2, 0) is 32.1 Å². The molecule has 0 aliphatic carbocycles. The van der Waals surface area contributed by atoms with Crippen molar-refractivity contribution in [1.29, 1.82) is 0 Å². The molecule has 4 N–H and O–H groups in total. The summed E-state index contributed by atoms with van der Waals surface area (Å²) in [6.45, 7) is 6.17. The Labute approximate surface area is 185 Å². The van der Waals surface area contributed by atoms with Gasteiger partial charge in [-0.2, -0.15) is 0 Å². The van der Waals surface area contributed by atoms with E-state index in [0.717, 1.165) is 5.56 Å². The van der Waals surface area contributed by atoms with Crippen LogP contribution in [0.2, 0.25) is 0 Å². The molecule has 10 nitrogen and oxygen atoms in total. The van der Waals surface area contributed by atoms with E-state index in [1.807, 2.05) is 20.8 Å². The average molecular weight is 457 g/mol. The van der Waals surface area contributed by atoms with E-state index in [0.29, 0.717) is 18.8 Å². The Morgan fingerprint density at radius 3 is 2.16 bits per heavy atom. The highest BCUT2D eigenvalue weighted by Crippen LogP contribution is 2.11. The summed E-state index contributed by atoms with van der Waals surface area (Å²) in [7, 11) is 1.76. The molecule has 0 fully saturated rings. The van der Waals surface area contributed by atoms with E-state index in [1.165, 1.54) is 4.90 Å². The molecule has 31 heavy (non-hydrogen) atoms. The van der Waals surface area contributed by atoms with Crippen molar-refractivity contribution in [2.24, 2.45) is 0 Å². The number of carboxylic acid groups (broad SMARTS) is 1. The second-order valence-corrected chi connectivity index (χ2v) is 9.11. The number of anilines is 1. The Balaban J connectivity index is 2.51. The van der Waals surface area contributed by atoms with Gasteiger partial charge in [-0.3, -0.25) is 33.5 Å². The molecule has 1 unspecified atom stereocenters. The van der Waals surface area contributed by atoms with Gasteiger partial charge < -0.3 is 10.4 Å². The second-order valence-electron chi connectivity index (χ2n) is 8.40. The predicted molar refractivity (Wildman–Crippen MR) is 119 cm³/mol. The van der Waals surface area contributed by atoms with Crippen LogP contribution in [0, 0.1) is 0 Å². The van der Waals surface area contributed by atoms with Gasteiger partial charge in [0.25, 0.3) is 11.3 Å². The molecule has 1 atom stereocenters. The quantitative estimate of drug-likeness (QED) is 0.316. The topological polar surface area (TPSA) is 139 Å². The van der Waals surface area contributed by atoms with E-state index >= 15 is 0 Å². The third-order valence-corrected chi connectivity index (χ3v) is 4.46. The molecule has 0 aliphatic heterocycles. The molecule has 0 saturated heterocycles. The van der Waals surface area contributed by atoms with Crippen molar-refractivity contribution >= 4 is 34.6 Å². The predicted octanol–water partition coefficient (Wildman–Crippen LogP) is 0.580. The van der Waals surface area contributed by atoms with Crippen molar-refractivity contribution < 1.29 is 28.3 Å². The van der Waals surface area contributed by atoms with Gasteiger partial charge in [0.05, 0.1) is 19.6 Å². The summed E-state index contributed by atoms with van der Waals surface area (Å²) in [6.07, 6.45) is 0.208. The summed E-state index contributed by atoms with van der Waals surface area (Å²) >= 11 is -2.15. The van der Waals surface area contributed by atoms with Gasteiger partial charge in [-0.05, 0) is 45.5 Å². The number of rotatable bonds is 13. The summed E-state index contributed by atoms with van der Waals surface area (Å²) in [5, 5.41) is 11.9. The molecule has 1 aromatic carbocycles. The number of nitrogens with one attached hydrogen (secondary N) is 2. The van der Waals surface area contributed by atoms with Gasteiger partial charge >= 0.3 is 5.97 Å². The Morgan fingerprint density at radius 2 is 1.65 bits per heavy atom. The molecule has 0 radical (unpaired) electrons. The lowest BCUT2D eigenvalue weighted by molar-refractivity contribution is -0.139. The van der Waals surface area contributed by atoms with Crippen LogP contribution < -0.4 is 10.0 Å². The fraction of sp³-hybridized carbons (Fsp3) is 0.550. The lowest BCUT2D eigenvalue weighted by atomic mass is 10.1. The highest BCUT2D eigenvalue weighted by molar-refractivity contribution is 7.80. The van der Waals surface area contributed by atoms with E-state index in [4.69, 9.17) is 9.66 Å². The van der Waals surface area contributed by atoms with Crippen LogP contribution in [0.5, 0.6) is 0 Å². The van der Waals surface area contributed by atoms with Crippen molar-refractivity contribution in [2.45, 2.75) is 32.7 Å². The fourth-order valence-electron chi connectivity index (χ4n) is 2.83. The minimum absolute atomic E-state index is 0.0239. The first-order valence-corrected chi connectivity index (χ1v) is 10.9. The molecular formula is C20H32N4O6S. The zero-order chi connectivity index (χ0) is 23.6. The average Bonchev–Trinajstić information content (AvgIpc) is 2.58. The Hall–Kier alpha value is -2.34. The van der Waals surface area contributed by atoms with Crippen molar-refractivity contribution in [3.05, 3.63) is 29.8 Å². The highest BCUT2D eigenvalue weighted by atomic mass is 32.2. The Bertz CT molecular complexity index is 779. The highest BCUT2D eigenvalue weighted by Gasteiger charge is 2.19. The monoisotopic (exact) mass is 456 g/mol. The van der Waals surface area contributed by atoms with Crippen LogP contribution in [-0.4, -0.2) is 86.6 Å². The number of carboxylic acids is 1. The number of carbonyl (C=O) groups is 3. The minimum atomic E-state index is -2.15. The van der Waals surface area contributed by atoms with Gasteiger partial charge in [0.1, 0.15) is 0 Å². The first kappa shape index (κ1) is 26.7. The van der Waals surface area contributed by atoms with Gasteiger partial charge in [-0.15, -0.1) is 0 Å². The molecule has 1 rings (SSSR count). The normalized spacial score (nSPS) is 12.6. The summed E-state index contributed by atoms with van der Waals surface area (Å²) in [5.74, 6) is -1.30. The number of benzene rings is 1. The summed E-state index contributed by atoms with van der Waals surface area (Å²) in [5.41, 5.74) is 0.848. The van der Waals surface area contributed by atoms with Gasteiger partial charge in [0, 0.05) is 30.7 Å². The van der Waals surface area contributed by atoms with Gasteiger partial charge in [0.2, 0.25) is 5.91 Å². The molecule has 11 heteroatoms. The van der Waals surface area contributed by atoms with Crippen molar-refractivity contribution in [3.63, 3.8) is 0 Å². The fourth-order valence-corrected chi connectivity index (χ4v) is 3.17. The van der Waals surface area contributed by atoms with E-state index in [1.54, 1.807) is 36.2 Å². The van der Waals surface area contributed by atoms with Crippen molar-refractivity contribution in [2.75, 3.05) is 44.5 Å². The van der Waals surface area contributed by atoms with Gasteiger partial charge in [-0.25, -0.2) is 4.21 Å². The van der Waals surface area contributed by atoms with Crippen LogP contribution in [0.3, 0.4) is 0 Å². The van der Waals surface area contributed by atoms with E-state index in [9.17, 15) is 18.6 Å². The van der Waals surface area contributed by atoms with Gasteiger partial charge in [0.15, 0.2) is 5.78 Å². The number of likely N-dealkylation sites (N-methyl/N-ethyl adjacent to an activating group) is 1. The van der Waals surface area contributed by atoms with Crippen molar-refractivity contribution in [1.82, 2.24) is 15.1 Å². The van der Waals surface area contributed by atoms with Gasteiger partial charge in [-0.1, -0.05) is 12.1 Å². The second kappa shape index (κ2) is 12.5. The summed E-state index contributed by atoms with van der Waals surface area (Å²) in [6, 6.07) is 6.64. The number of carbonyl (C=O) groups excluding carboxylic acids is 2. The molecule has 0 aliphatic rings. The standard InChI is InChI=1S/C20H32N4O6S/c1-20(2,3)21-18(26)13-24(14-19(27)28)10-9-23(4)12-17(25)11-15-5-7-16(8-6-15)22-31(29)30/h5-8,22H,9-14H2,1-4H3,(H,21,26)(H,27,28)(H,29,30). The maximum Gasteiger partial charge on any atom is 0.317 e. The lowest BCUT2D eigenvalue weighted by Gasteiger charge is -2.26. The number of amides is 1. The SMILES string of the molecule is CN(CCN(CC(=O)O)CC(=O)NC(C)(C)C)CC(=O)Cc1ccc(NS(=O)O)cc1. The molecule has 0 bridgehead atoms. The Morgan fingerprint density at radius 1 is 1.03 bits per heavy atom. The van der Waals surface area contributed by atoms with Crippen molar-refractivity contribution in [3.8, 4) is 0 Å². The number of ketones is 1. The molecular weight excluding hydrogens is 424 g/mol. The van der Waals surface area contributed by atoms with E-state index in [-0.39, 0.29) is 37.7 Å².